The lowest BCUT2D eigenvalue weighted by molar-refractivity contribution is -0.127. The predicted molar refractivity (Wildman–Crippen MR) is 72.6 cm³/mol. The van der Waals surface area contributed by atoms with Gasteiger partial charge < -0.3 is 10.1 Å². The zero-order valence-electron chi connectivity index (χ0n) is 11.2. The number of rotatable bonds is 3. The van der Waals surface area contributed by atoms with E-state index in [0.717, 1.165) is 26.1 Å². The molecule has 0 aromatic heterocycles. The molecule has 19 heavy (non-hydrogen) atoms. The van der Waals surface area contributed by atoms with Crippen LogP contribution in [0.2, 0.25) is 0 Å². The van der Waals surface area contributed by atoms with Crippen LogP contribution in [0.4, 0.5) is 0 Å². The second kappa shape index (κ2) is 5.31. The minimum absolute atomic E-state index is 0.0239. The van der Waals surface area contributed by atoms with Crippen LogP contribution >= 0.6 is 0 Å². The van der Waals surface area contributed by atoms with Gasteiger partial charge in [-0.2, -0.15) is 0 Å². The van der Waals surface area contributed by atoms with Crippen molar-refractivity contribution >= 4 is 5.91 Å². The van der Waals surface area contributed by atoms with E-state index in [0.29, 0.717) is 0 Å². The number of nitrogens with one attached hydrogen (secondary N) is 1. The zero-order chi connectivity index (χ0) is 13.2. The Hall–Kier alpha value is -1.39. The first-order valence-electron chi connectivity index (χ1n) is 6.89. The Morgan fingerprint density at radius 2 is 2.16 bits per heavy atom. The molecule has 0 radical (unpaired) electrons. The van der Waals surface area contributed by atoms with Gasteiger partial charge in [0.25, 0.3) is 0 Å². The Bertz CT molecular complexity index is 449. The first-order valence-corrected chi connectivity index (χ1v) is 6.89. The minimum atomic E-state index is 0.0239. The topological polar surface area (TPSA) is 41.6 Å². The lowest BCUT2D eigenvalue weighted by Crippen LogP contribution is -2.44. The number of benzene rings is 1. The van der Waals surface area contributed by atoms with Gasteiger partial charge in [-0.25, -0.2) is 0 Å². The molecule has 102 valence electrons. The molecule has 1 amide bonds. The van der Waals surface area contributed by atoms with Crippen molar-refractivity contribution < 1.29 is 9.53 Å². The van der Waals surface area contributed by atoms with Gasteiger partial charge in [-0.05, 0) is 12.0 Å². The molecule has 1 N–H and O–H groups in total. The fourth-order valence-corrected chi connectivity index (χ4v) is 3.17. The Balaban J connectivity index is 1.64. The lowest BCUT2D eigenvalue weighted by Gasteiger charge is -2.32. The third-order valence-electron chi connectivity index (χ3n) is 4.07. The number of carbonyl (C=O) groups is 1. The predicted octanol–water partition coefficient (Wildman–Crippen LogP) is 1.02. The number of carbonyl (C=O) groups excluding carboxylic acids is 1. The molecule has 0 unspecified atom stereocenters. The molecule has 2 fully saturated rings. The lowest BCUT2D eigenvalue weighted by atomic mass is 10.00. The van der Waals surface area contributed by atoms with E-state index in [2.05, 4.69) is 34.5 Å². The van der Waals surface area contributed by atoms with Gasteiger partial charge in [0.05, 0.1) is 18.1 Å². The summed E-state index contributed by atoms with van der Waals surface area (Å²) in [7, 11) is 1.70. The van der Waals surface area contributed by atoms with Crippen molar-refractivity contribution in [3.8, 4) is 0 Å². The van der Waals surface area contributed by atoms with Crippen molar-refractivity contribution in [3.05, 3.63) is 35.9 Å². The summed E-state index contributed by atoms with van der Waals surface area (Å²) in [6, 6.07) is 10.5. The van der Waals surface area contributed by atoms with E-state index in [4.69, 9.17) is 4.74 Å². The summed E-state index contributed by atoms with van der Waals surface area (Å²) >= 11 is 0. The fourth-order valence-electron chi connectivity index (χ4n) is 3.17. The third-order valence-corrected chi connectivity index (χ3v) is 4.07. The van der Waals surface area contributed by atoms with Gasteiger partial charge in [0.1, 0.15) is 0 Å². The van der Waals surface area contributed by atoms with Gasteiger partial charge in [0, 0.05) is 26.7 Å². The van der Waals surface area contributed by atoms with Crippen LogP contribution < -0.4 is 5.32 Å². The van der Waals surface area contributed by atoms with Crippen LogP contribution in [0.3, 0.4) is 0 Å². The smallest absolute Gasteiger partial charge is 0.225 e. The van der Waals surface area contributed by atoms with Crippen molar-refractivity contribution in [2.45, 2.75) is 25.2 Å². The molecule has 3 atom stereocenters. The minimum Gasteiger partial charge on any atom is -0.371 e. The van der Waals surface area contributed by atoms with Gasteiger partial charge in [0.15, 0.2) is 0 Å². The standard InChI is InChI=1S/C15H20N2O2/c1-16-15(18)13-7-12-9-17(10-14(13)19-12)8-11-5-3-2-4-6-11/h2-6,12-14H,7-10H2,1H3,(H,16,18)/t12-,13-,14+/m0/s1. The number of nitrogens with zero attached hydrogens (tertiary/aromatic N) is 1. The van der Waals surface area contributed by atoms with E-state index in [1.165, 1.54) is 5.56 Å². The van der Waals surface area contributed by atoms with E-state index in [-0.39, 0.29) is 24.0 Å². The zero-order valence-corrected chi connectivity index (χ0v) is 11.2. The number of likely N-dealkylation sites (tertiary alicyclic amines) is 1. The molecule has 2 heterocycles. The second-order valence-electron chi connectivity index (χ2n) is 5.43. The first kappa shape index (κ1) is 12.6. The van der Waals surface area contributed by atoms with E-state index < -0.39 is 0 Å². The Morgan fingerprint density at radius 1 is 1.37 bits per heavy atom. The van der Waals surface area contributed by atoms with Gasteiger partial charge in [-0.15, -0.1) is 0 Å². The summed E-state index contributed by atoms with van der Waals surface area (Å²) in [6.07, 6.45) is 1.13. The molecular formula is C15H20N2O2. The van der Waals surface area contributed by atoms with Crippen molar-refractivity contribution in [2.75, 3.05) is 20.1 Å². The first-order chi connectivity index (χ1) is 9.26. The fraction of sp³-hybridized carbons (Fsp3) is 0.533. The van der Waals surface area contributed by atoms with Gasteiger partial charge in [-0.3, -0.25) is 9.69 Å². The average Bonchev–Trinajstić information content (AvgIpc) is 2.74. The number of hydrogen-bond acceptors (Lipinski definition) is 3. The van der Waals surface area contributed by atoms with Crippen molar-refractivity contribution in [3.63, 3.8) is 0 Å². The van der Waals surface area contributed by atoms with Crippen molar-refractivity contribution in [2.24, 2.45) is 5.92 Å². The van der Waals surface area contributed by atoms with Crippen LogP contribution in [-0.4, -0.2) is 43.2 Å². The second-order valence-corrected chi connectivity index (χ2v) is 5.43. The molecule has 0 aliphatic carbocycles. The van der Waals surface area contributed by atoms with E-state index in [9.17, 15) is 4.79 Å². The Morgan fingerprint density at radius 3 is 2.89 bits per heavy atom. The molecule has 4 heteroatoms. The van der Waals surface area contributed by atoms with Gasteiger partial charge in [0.2, 0.25) is 5.91 Å². The molecule has 2 bridgehead atoms. The molecule has 0 saturated carbocycles. The van der Waals surface area contributed by atoms with Crippen LogP contribution in [0.5, 0.6) is 0 Å². The number of ether oxygens (including phenoxy) is 1. The quantitative estimate of drug-likeness (QED) is 0.882. The molecule has 2 aliphatic heterocycles. The van der Waals surface area contributed by atoms with Crippen molar-refractivity contribution in [1.82, 2.24) is 10.2 Å². The summed E-state index contributed by atoms with van der Waals surface area (Å²) in [5.74, 6) is 0.143. The van der Waals surface area contributed by atoms with E-state index in [1.807, 2.05) is 6.07 Å². The van der Waals surface area contributed by atoms with E-state index >= 15 is 0 Å². The molecule has 1 aromatic rings. The molecule has 4 nitrogen and oxygen atoms in total. The molecular weight excluding hydrogens is 240 g/mol. The van der Waals surface area contributed by atoms with Crippen LogP contribution in [-0.2, 0) is 16.1 Å². The highest BCUT2D eigenvalue weighted by molar-refractivity contribution is 5.79. The summed E-state index contributed by atoms with van der Waals surface area (Å²) in [6.45, 7) is 2.72. The van der Waals surface area contributed by atoms with Crippen LogP contribution in [0.1, 0.15) is 12.0 Å². The summed E-state index contributed by atoms with van der Waals surface area (Å²) in [5.41, 5.74) is 1.32. The van der Waals surface area contributed by atoms with Crippen molar-refractivity contribution in [1.29, 1.82) is 0 Å². The Kier molecular flexibility index (Phi) is 3.53. The molecule has 3 rings (SSSR count). The third kappa shape index (κ3) is 2.65. The number of hydrogen-bond donors (Lipinski definition) is 1. The average molecular weight is 260 g/mol. The maximum atomic E-state index is 11.8. The summed E-state index contributed by atoms with van der Waals surface area (Å²) in [4.78, 5) is 14.2. The monoisotopic (exact) mass is 260 g/mol. The van der Waals surface area contributed by atoms with Crippen LogP contribution in [0.25, 0.3) is 0 Å². The van der Waals surface area contributed by atoms with Gasteiger partial charge >= 0.3 is 0 Å². The highest BCUT2D eigenvalue weighted by Crippen LogP contribution is 2.32. The number of morpholine rings is 1. The van der Waals surface area contributed by atoms with Crippen LogP contribution in [0, 0.1) is 5.92 Å². The van der Waals surface area contributed by atoms with Crippen LogP contribution in [0.15, 0.2) is 30.3 Å². The Labute approximate surface area is 113 Å². The maximum Gasteiger partial charge on any atom is 0.225 e. The molecule has 0 spiro atoms. The normalized spacial score (nSPS) is 30.3. The number of fused-ring (bicyclic) bond motifs is 2. The highest BCUT2D eigenvalue weighted by Gasteiger charge is 2.44. The molecule has 2 aliphatic rings. The number of amides is 1. The highest BCUT2D eigenvalue weighted by atomic mass is 16.5. The largest absolute Gasteiger partial charge is 0.371 e. The maximum absolute atomic E-state index is 11.8. The summed E-state index contributed by atoms with van der Waals surface area (Å²) in [5, 5.41) is 2.75. The molecule has 2 saturated heterocycles. The van der Waals surface area contributed by atoms with E-state index in [1.54, 1.807) is 7.05 Å². The molecule has 1 aromatic carbocycles. The van der Waals surface area contributed by atoms with Gasteiger partial charge in [-0.1, -0.05) is 30.3 Å². The summed E-state index contributed by atoms with van der Waals surface area (Å²) < 4.78 is 5.90. The SMILES string of the molecule is CNC(=O)[C@H]1C[C@H]2CN(Cc3ccccc3)C[C@H]1O2.